The molecule has 0 fully saturated rings. The van der Waals surface area contributed by atoms with Crippen molar-refractivity contribution in [1.82, 2.24) is 0 Å². The first kappa shape index (κ1) is 21.1. The number of hydrogen-bond donors (Lipinski definition) is 1. The summed E-state index contributed by atoms with van der Waals surface area (Å²) in [4.78, 5) is 11.1. The highest BCUT2D eigenvalue weighted by Crippen LogP contribution is 2.10. The summed E-state index contributed by atoms with van der Waals surface area (Å²) < 4.78 is 2.06. The molecule has 1 heterocycles. The molecule has 0 saturated carbocycles. The van der Waals surface area contributed by atoms with Gasteiger partial charge in [0.2, 0.25) is 0 Å². The van der Waals surface area contributed by atoms with E-state index in [0.717, 1.165) is 6.54 Å². The van der Waals surface area contributed by atoms with Gasteiger partial charge in [0.1, 0.15) is 12.1 Å². The Morgan fingerprint density at radius 3 is 2.09 bits per heavy atom. The maximum Gasteiger partial charge on any atom is 0.254 e. The number of primary amides is 1. The molecule has 0 aromatic carbocycles. The Hall–Kier alpha value is -0.900. The average molecular weight is 372 g/mol. The molecule has 0 aliphatic carbocycles. The van der Waals surface area contributed by atoms with Gasteiger partial charge in [-0.25, -0.2) is 4.57 Å². The van der Waals surface area contributed by atoms with Crippen LogP contribution in [0.4, 0.5) is 0 Å². The molecule has 4 heteroatoms. The largest absolute Gasteiger partial charge is 0.365 e. The molecule has 0 atom stereocenters. The number of carbonyl (C=O) groups is 1. The van der Waals surface area contributed by atoms with E-state index in [1.165, 1.54) is 64.2 Å². The van der Waals surface area contributed by atoms with E-state index in [0.29, 0.717) is 5.56 Å². The van der Waals surface area contributed by atoms with E-state index in [2.05, 4.69) is 11.5 Å². The number of nitrogens with two attached hydrogens (primary N) is 1. The number of halogens is 1. The van der Waals surface area contributed by atoms with E-state index in [1.807, 2.05) is 18.5 Å². The predicted molar refractivity (Wildman–Crippen MR) is 97.3 cm³/mol. The molecule has 2 N–H and O–H groups in total. The van der Waals surface area contributed by atoms with Gasteiger partial charge in [0.25, 0.3) is 5.91 Å². The van der Waals surface area contributed by atoms with Crippen molar-refractivity contribution in [3.8, 4) is 0 Å². The fraction of sp³-hybridized carbons (Fsp3) is 0.667. The molecule has 1 rings (SSSR count). The van der Waals surface area contributed by atoms with Gasteiger partial charge >= 0.3 is 0 Å². The summed E-state index contributed by atoms with van der Waals surface area (Å²) in [6, 6.07) is 3.65. The number of aromatic nitrogens is 1. The SMILES string of the molecule is Br.CCCCCCCCCCCC[n+]1cccc(C(N)=O)c1. The first-order chi connectivity index (χ1) is 10.2. The van der Waals surface area contributed by atoms with Crippen molar-refractivity contribution in [3.05, 3.63) is 30.1 Å². The second kappa shape index (κ2) is 13.7. The van der Waals surface area contributed by atoms with E-state index < -0.39 is 0 Å². The Labute approximate surface area is 146 Å². The molecule has 0 saturated heterocycles. The van der Waals surface area contributed by atoms with Gasteiger partial charge in [0.05, 0.1) is 0 Å². The van der Waals surface area contributed by atoms with Gasteiger partial charge in [-0.15, -0.1) is 17.0 Å². The highest BCUT2D eigenvalue weighted by molar-refractivity contribution is 8.93. The minimum absolute atomic E-state index is 0. The molecule has 0 aliphatic heterocycles. The Morgan fingerprint density at radius 2 is 1.55 bits per heavy atom. The maximum atomic E-state index is 11.1. The van der Waals surface area contributed by atoms with Crippen LogP contribution in [-0.4, -0.2) is 5.91 Å². The lowest BCUT2D eigenvalue weighted by atomic mass is 10.1. The molecule has 1 aromatic rings. The van der Waals surface area contributed by atoms with Gasteiger partial charge in [-0.2, -0.15) is 0 Å². The summed E-state index contributed by atoms with van der Waals surface area (Å²) in [6.45, 7) is 3.23. The first-order valence-electron chi connectivity index (χ1n) is 8.53. The Kier molecular flexibility index (Phi) is 13.2. The molecule has 0 unspecified atom stereocenters. The molecule has 22 heavy (non-hydrogen) atoms. The van der Waals surface area contributed by atoms with Crippen molar-refractivity contribution in [2.75, 3.05) is 0 Å². The van der Waals surface area contributed by atoms with Crippen LogP contribution < -0.4 is 10.3 Å². The molecule has 0 aliphatic rings. The van der Waals surface area contributed by atoms with Crippen molar-refractivity contribution >= 4 is 22.9 Å². The summed E-state index contributed by atoms with van der Waals surface area (Å²) in [7, 11) is 0. The van der Waals surface area contributed by atoms with E-state index in [-0.39, 0.29) is 22.9 Å². The first-order valence-corrected chi connectivity index (χ1v) is 8.53. The third-order valence-electron chi connectivity index (χ3n) is 3.91. The van der Waals surface area contributed by atoms with Crippen LogP contribution in [0.25, 0.3) is 0 Å². The van der Waals surface area contributed by atoms with Crippen molar-refractivity contribution in [2.45, 2.75) is 77.7 Å². The number of aryl methyl sites for hydroxylation is 1. The van der Waals surface area contributed by atoms with Crippen LogP contribution in [0.15, 0.2) is 24.5 Å². The van der Waals surface area contributed by atoms with E-state index >= 15 is 0 Å². The number of rotatable bonds is 12. The number of amides is 1. The summed E-state index contributed by atoms with van der Waals surface area (Å²) in [6.07, 6.45) is 17.3. The smallest absolute Gasteiger partial charge is 0.254 e. The standard InChI is InChI=1S/C18H30N2O.BrH/c1-2-3-4-5-6-7-8-9-10-11-14-20-15-12-13-17(16-20)18(19)21;/h12-13,15-16H,2-11,14H2,1H3,(H-,19,21);1H/p+1. The second-order valence-electron chi connectivity index (χ2n) is 5.88. The maximum absolute atomic E-state index is 11.1. The van der Waals surface area contributed by atoms with Gasteiger partial charge in [0, 0.05) is 12.5 Å². The second-order valence-corrected chi connectivity index (χ2v) is 5.88. The lowest BCUT2D eigenvalue weighted by molar-refractivity contribution is -0.697. The lowest BCUT2D eigenvalue weighted by Gasteiger charge is -2.01. The molecule has 0 bridgehead atoms. The normalized spacial score (nSPS) is 10.2. The number of unbranched alkanes of at least 4 members (excludes halogenated alkanes) is 9. The van der Waals surface area contributed by atoms with Gasteiger partial charge in [-0.05, 0) is 12.5 Å². The van der Waals surface area contributed by atoms with Gasteiger partial charge < -0.3 is 5.73 Å². The zero-order valence-corrected chi connectivity index (χ0v) is 15.6. The van der Waals surface area contributed by atoms with Gasteiger partial charge in [-0.1, -0.05) is 58.3 Å². The Bertz CT molecular complexity index is 410. The molecular weight excluding hydrogens is 340 g/mol. The number of pyridine rings is 1. The van der Waals surface area contributed by atoms with Crippen molar-refractivity contribution < 1.29 is 9.36 Å². The van der Waals surface area contributed by atoms with Gasteiger partial charge in [0.15, 0.2) is 12.4 Å². The van der Waals surface area contributed by atoms with Crippen LogP contribution in [0.3, 0.4) is 0 Å². The van der Waals surface area contributed by atoms with Crippen LogP contribution in [0.2, 0.25) is 0 Å². The van der Waals surface area contributed by atoms with Crippen LogP contribution in [-0.2, 0) is 6.54 Å². The molecule has 1 amide bonds. The van der Waals surface area contributed by atoms with E-state index in [9.17, 15) is 4.79 Å². The number of nitrogens with zero attached hydrogens (tertiary/aromatic N) is 1. The highest BCUT2D eigenvalue weighted by Gasteiger charge is 2.06. The zero-order valence-electron chi connectivity index (χ0n) is 13.9. The topological polar surface area (TPSA) is 47.0 Å². The summed E-state index contributed by atoms with van der Waals surface area (Å²) >= 11 is 0. The molecule has 0 spiro atoms. The number of carbonyl (C=O) groups excluding carboxylic acids is 1. The fourth-order valence-corrected chi connectivity index (χ4v) is 2.59. The monoisotopic (exact) mass is 371 g/mol. The molecule has 0 radical (unpaired) electrons. The van der Waals surface area contributed by atoms with E-state index in [4.69, 9.17) is 5.73 Å². The minimum Gasteiger partial charge on any atom is -0.365 e. The summed E-state index contributed by atoms with van der Waals surface area (Å²) in [5, 5.41) is 0. The lowest BCUT2D eigenvalue weighted by Crippen LogP contribution is -2.34. The average Bonchev–Trinajstić information content (AvgIpc) is 2.49. The van der Waals surface area contributed by atoms with Crippen molar-refractivity contribution in [3.63, 3.8) is 0 Å². The van der Waals surface area contributed by atoms with Crippen LogP contribution in [0, 0.1) is 0 Å². The van der Waals surface area contributed by atoms with Gasteiger partial charge in [-0.3, -0.25) is 4.79 Å². The molecule has 1 aromatic heterocycles. The third kappa shape index (κ3) is 9.93. The Balaban J connectivity index is 0.00000441. The molecule has 3 nitrogen and oxygen atoms in total. The fourth-order valence-electron chi connectivity index (χ4n) is 2.59. The minimum atomic E-state index is -0.354. The summed E-state index contributed by atoms with van der Waals surface area (Å²) in [5.74, 6) is -0.354. The zero-order chi connectivity index (χ0) is 15.3. The van der Waals surface area contributed by atoms with Crippen LogP contribution >= 0.6 is 17.0 Å². The molecule has 126 valence electrons. The molecular formula is C18H32BrN2O+. The Morgan fingerprint density at radius 1 is 1.00 bits per heavy atom. The quantitative estimate of drug-likeness (QED) is 0.424. The predicted octanol–water partition coefficient (Wildman–Crippen LogP) is 4.57. The van der Waals surface area contributed by atoms with Crippen LogP contribution in [0.1, 0.15) is 81.5 Å². The van der Waals surface area contributed by atoms with Crippen LogP contribution in [0.5, 0.6) is 0 Å². The van der Waals surface area contributed by atoms with Crippen molar-refractivity contribution in [2.24, 2.45) is 5.73 Å². The highest BCUT2D eigenvalue weighted by atomic mass is 79.9. The third-order valence-corrected chi connectivity index (χ3v) is 3.91. The van der Waals surface area contributed by atoms with E-state index in [1.54, 1.807) is 6.07 Å². The van der Waals surface area contributed by atoms with Crippen molar-refractivity contribution in [1.29, 1.82) is 0 Å². The summed E-state index contributed by atoms with van der Waals surface area (Å²) in [5.41, 5.74) is 5.87. The number of hydrogen-bond acceptors (Lipinski definition) is 1.